The average molecular weight is 233 g/mol. The van der Waals surface area contributed by atoms with Crippen LogP contribution in [0.3, 0.4) is 0 Å². The molecule has 1 aromatic carbocycles. The van der Waals surface area contributed by atoms with Gasteiger partial charge in [0.15, 0.2) is 0 Å². The highest BCUT2D eigenvalue weighted by Crippen LogP contribution is 2.26. The molecule has 1 aliphatic carbocycles. The number of benzene rings is 1. The summed E-state index contributed by atoms with van der Waals surface area (Å²) in [6, 6.07) is 10.8. The monoisotopic (exact) mass is 233 g/mol. The second-order valence-electron chi connectivity index (χ2n) is 4.60. The van der Waals surface area contributed by atoms with Crippen molar-refractivity contribution in [3.05, 3.63) is 35.9 Å². The van der Waals surface area contributed by atoms with Crippen molar-refractivity contribution in [3.8, 4) is 0 Å². The maximum Gasteiger partial charge on any atom is 0.308 e. The van der Waals surface area contributed by atoms with E-state index >= 15 is 0 Å². The van der Waals surface area contributed by atoms with Crippen molar-refractivity contribution in [2.24, 2.45) is 5.92 Å². The highest BCUT2D eigenvalue weighted by molar-refractivity contribution is 5.72. The maximum atomic E-state index is 11.4. The number of carbonyl (C=O) groups is 1. The van der Waals surface area contributed by atoms with Gasteiger partial charge in [-0.2, -0.15) is 0 Å². The van der Waals surface area contributed by atoms with Crippen LogP contribution in [0.4, 0.5) is 0 Å². The van der Waals surface area contributed by atoms with Gasteiger partial charge >= 0.3 is 5.97 Å². The second kappa shape index (κ2) is 5.82. The highest BCUT2D eigenvalue weighted by Gasteiger charge is 2.30. The molecular weight excluding hydrogens is 214 g/mol. The van der Waals surface area contributed by atoms with E-state index < -0.39 is 0 Å². The van der Waals surface area contributed by atoms with Crippen molar-refractivity contribution in [2.45, 2.75) is 31.8 Å². The molecule has 92 valence electrons. The van der Waals surface area contributed by atoms with Gasteiger partial charge in [0, 0.05) is 12.6 Å². The molecule has 0 heterocycles. The Hall–Kier alpha value is -1.35. The lowest BCUT2D eigenvalue weighted by Crippen LogP contribution is -2.26. The SMILES string of the molecule is COC(=O)[C@@H]1CC[C@H](NCc2ccccc2)C1. The highest BCUT2D eigenvalue weighted by atomic mass is 16.5. The minimum atomic E-state index is -0.0611. The van der Waals surface area contributed by atoms with Crippen LogP contribution in [0.25, 0.3) is 0 Å². The predicted molar refractivity (Wildman–Crippen MR) is 66.4 cm³/mol. The number of esters is 1. The van der Waals surface area contributed by atoms with Crippen molar-refractivity contribution >= 4 is 5.97 Å². The summed E-state index contributed by atoms with van der Waals surface area (Å²) in [4.78, 5) is 11.4. The molecule has 0 bridgehead atoms. The summed E-state index contributed by atoms with van der Waals surface area (Å²) in [7, 11) is 1.47. The molecule has 0 unspecified atom stereocenters. The fourth-order valence-electron chi connectivity index (χ4n) is 2.41. The van der Waals surface area contributed by atoms with Crippen molar-refractivity contribution in [2.75, 3.05) is 7.11 Å². The normalized spacial score (nSPS) is 23.6. The first-order valence-electron chi connectivity index (χ1n) is 6.14. The molecule has 1 fully saturated rings. The van der Waals surface area contributed by atoms with Crippen LogP contribution in [0.2, 0.25) is 0 Å². The molecule has 2 rings (SSSR count). The zero-order chi connectivity index (χ0) is 12.1. The number of hydrogen-bond donors (Lipinski definition) is 1. The molecule has 0 saturated heterocycles. The van der Waals surface area contributed by atoms with Gasteiger partial charge < -0.3 is 10.1 Å². The lowest BCUT2D eigenvalue weighted by Gasteiger charge is -2.12. The van der Waals surface area contributed by atoms with Crippen LogP contribution in [0.5, 0.6) is 0 Å². The van der Waals surface area contributed by atoms with Gasteiger partial charge in [0.1, 0.15) is 0 Å². The van der Waals surface area contributed by atoms with E-state index in [1.54, 1.807) is 0 Å². The molecule has 3 heteroatoms. The Balaban J connectivity index is 1.77. The van der Waals surface area contributed by atoms with Gasteiger partial charge in [-0.15, -0.1) is 0 Å². The molecule has 1 aliphatic rings. The number of methoxy groups -OCH3 is 1. The van der Waals surface area contributed by atoms with Gasteiger partial charge in [-0.3, -0.25) is 4.79 Å². The Morgan fingerprint density at radius 3 is 2.82 bits per heavy atom. The Bertz CT molecular complexity index is 364. The molecule has 2 atom stereocenters. The quantitative estimate of drug-likeness (QED) is 0.809. The van der Waals surface area contributed by atoms with Gasteiger partial charge in [0.2, 0.25) is 0 Å². The minimum Gasteiger partial charge on any atom is -0.469 e. The summed E-state index contributed by atoms with van der Waals surface area (Å²) < 4.78 is 4.78. The zero-order valence-corrected chi connectivity index (χ0v) is 10.2. The van der Waals surface area contributed by atoms with Crippen molar-refractivity contribution in [1.82, 2.24) is 5.32 Å². The lowest BCUT2D eigenvalue weighted by molar-refractivity contribution is -0.145. The van der Waals surface area contributed by atoms with Crippen LogP contribution in [0.1, 0.15) is 24.8 Å². The van der Waals surface area contributed by atoms with Gasteiger partial charge in [-0.25, -0.2) is 0 Å². The lowest BCUT2D eigenvalue weighted by atomic mass is 10.1. The predicted octanol–water partition coefficient (Wildman–Crippen LogP) is 2.12. The summed E-state index contributed by atoms with van der Waals surface area (Å²) in [6.45, 7) is 0.874. The smallest absolute Gasteiger partial charge is 0.308 e. The van der Waals surface area contributed by atoms with Crippen LogP contribution in [-0.4, -0.2) is 19.1 Å². The standard InChI is InChI=1S/C14H19NO2/c1-17-14(16)12-7-8-13(9-12)15-10-11-5-3-2-4-6-11/h2-6,12-13,15H,7-10H2,1H3/t12-,13+/m1/s1. The third-order valence-corrected chi connectivity index (χ3v) is 3.40. The summed E-state index contributed by atoms with van der Waals surface area (Å²) in [5.41, 5.74) is 1.29. The van der Waals surface area contributed by atoms with E-state index in [0.29, 0.717) is 6.04 Å². The van der Waals surface area contributed by atoms with Crippen LogP contribution in [0, 0.1) is 5.92 Å². The van der Waals surface area contributed by atoms with Crippen LogP contribution >= 0.6 is 0 Å². The van der Waals surface area contributed by atoms with Crippen molar-refractivity contribution in [1.29, 1.82) is 0 Å². The van der Waals surface area contributed by atoms with E-state index in [-0.39, 0.29) is 11.9 Å². The van der Waals surface area contributed by atoms with Gasteiger partial charge in [-0.05, 0) is 24.8 Å². The largest absolute Gasteiger partial charge is 0.469 e. The van der Waals surface area contributed by atoms with E-state index in [4.69, 9.17) is 4.74 Å². The number of nitrogens with one attached hydrogen (secondary N) is 1. The third-order valence-electron chi connectivity index (χ3n) is 3.40. The van der Waals surface area contributed by atoms with Crippen molar-refractivity contribution < 1.29 is 9.53 Å². The fraction of sp³-hybridized carbons (Fsp3) is 0.500. The van der Waals surface area contributed by atoms with E-state index in [1.807, 2.05) is 18.2 Å². The summed E-state index contributed by atoms with van der Waals surface area (Å²) >= 11 is 0. The van der Waals surface area contributed by atoms with Crippen LogP contribution in [-0.2, 0) is 16.1 Å². The van der Waals surface area contributed by atoms with Crippen LogP contribution < -0.4 is 5.32 Å². The van der Waals surface area contributed by atoms with E-state index in [2.05, 4.69) is 17.4 Å². The number of rotatable bonds is 4. The van der Waals surface area contributed by atoms with Gasteiger partial charge in [-0.1, -0.05) is 30.3 Å². The fourth-order valence-corrected chi connectivity index (χ4v) is 2.41. The second-order valence-corrected chi connectivity index (χ2v) is 4.60. The summed E-state index contributed by atoms with van der Waals surface area (Å²) in [5, 5.41) is 3.50. The topological polar surface area (TPSA) is 38.3 Å². The Labute approximate surface area is 102 Å². The minimum absolute atomic E-state index is 0.0611. The molecule has 0 aliphatic heterocycles. The van der Waals surface area contributed by atoms with E-state index in [9.17, 15) is 4.79 Å². The first-order chi connectivity index (χ1) is 8.29. The van der Waals surface area contributed by atoms with Gasteiger partial charge in [0.05, 0.1) is 13.0 Å². The molecule has 1 N–H and O–H groups in total. The molecule has 1 saturated carbocycles. The molecule has 17 heavy (non-hydrogen) atoms. The van der Waals surface area contributed by atoms with E-state index in [0.717, 1.165) is 25.8 Å². The average Bonchev–Trinajstić information content (AvgIpc) is 2.85. The first kappa shape index (κ1) is 12.1. The number of hydrogen-bond acceptors (Lipinski definition) is 3. The summed E-state index contributed by atoms with van der Waals surface area (Å²) in [5.74, 6) is 0.0299. The molecular formula is C14H19NO2. The Morgan fingerprint density at radius 1 is 1.35 bits per heavy atom. The number of carbonyl (C=O) groups excluding carboxylic acids is 1. The Kier molecular flexibility index (Phi) is 4.15. The first-order valence-corrected chi connectivity index (χ1v) is 6.14. The molecule has 0 spiro atoms. The molecule has 0 aromatic heterocycles. The Morgan fingerprint density at radius 2 is 2.12 bits per heavy atom. The molecule has 0 radical (unpaired) electrons. The summed E-state index contributed by atoms with van der Waals surface area (Å²) in [6.07, 6.45) is 2.91. The molecule has 0 amide bonds. The third kappa shape index (κ3) is 3.30. The maximum absolute atomic E-state index is 11.4. The molecule has 3 nitrogen and oxygen atoms in total. The van der Waals surface area contributed by atoms with Gasteiger partial charge in [0.25, 0.3) is 0 Å². The molecule has 1 aromatic rings. The zero-order valence-electron chi connectivity index (χ0n) is 10.2. The van der Waals surface area contributed by atoms with Crippen LogP contribution in [0.15, 0.2) is 30.3 Å². The van der Waals surface area contributed by atoms with E-state index in [1.165, 1.54) is 12.7 Å². The number of ether oxygens (including phenoxy) is 1. The van der Waals surface area contributed by atoms with Crippen molar-refractivity contribution in [3.63, 3.8) is 0 Å².